The molecule has 0 saturated carbocycles. The van der Waals surface area contributed by atoms with Gasteiger partial charge in [-0.15, -0.1) is 24.0 Å². The van der Waals surface area contributed by atoms with Gasteiger partial charge in [-0.05, 0) is 62.9 Å². The highest BCUT2D eigenvalue weighted by molar-refractivity contribution is 14.0. The molecule has 2 N–H and O–H groups in total. The van der Waals surface area contributed by atoms with Crippen molar-refractivity contribution in [2.75, 3.05) is 53.4 Å². The molecule has 164 valence electrons. The zero-order valence-electron chi connectivity index (χ0n) is 18.4. The monoisotopic (exact) mass is 515 g/mol. The molecule has 0 radical (unpaired) electrons. The van der Waals surface area contributed by atoms with Crippen molar-refractivity contribution < 1.29 is 4.79 Å². The Morgan fingerprint density at radius 2 is 1.97 bits per heavy atom. The summed E-state index contributed by atoms with van der Waals surface area (Å²) in [6.45, 7) is 10.3. The first-order valence-electron chi connectivity index (χ1n) is 10.5. The number of carbonyl (C=O) groups excluding carboxylic acids is 1. The molecule has 1 aromatic carbocycles. The molecule has 1 saturated heterocycles. The zero-order valence-corrected chi connectivity index (χ0v) is 20.7. The van der Waals surface area contributed by atoms with Gasteiger partial charge in [-0.25, -0.2) is 0 Å². The molecule has 1 aliphatic rings. The van der Waals surface area contributed by atoms with Crippen LogP contribution >= 0.6 is 24.0 Å². The predicted molar refractivity (Wildman–Crippen MR) is 132 cm³/mol. The summed E-state index contributed by atoms with van der Waals surface area (Å²) >= 11 is 0. The maximum Gasteiger partial charge on any atom is 0.253 e. The molecule has 7 heteroatoms. The van der Waals surface area contributed by atoms with Crippen molar-refractivity contribution in [3.8, 4) is 0 Å². The molecular weight excluding hydrogens is 477 g/mol. The van der Waals surface area contributed by atoms with Gasteiger partial charge in [0.05, 0.1) is 6.54 Å². The fourth-order valence-electron chi connectivity index (χ4n) is 3.37. The number of piperidine rings is 1. The molecular formula is C22H38IN5O. The Hall–Kier alpha value is -1.35. The molecule has 29 heavy (non-hydrogen) atoms. The molecule has 0 bridgehead atoms. The quantitative estimate of drug-likeness (QED) is 0.318. The molecule has 1 fully saturated rings. The molecule has 0 spiro atoms. The molecule has 6 nitrogen and oxygen atoms in total. The summed E-state index contributed by atoms with van der Waals surface area (Å²) in [7, 11) is 3.56. The van der Waals surface area contributed by atoms with Crippen LogP contribution in [0.2, 0.25) is 0 Å². The molecule has 1 amide bonds. The Balaban J connectivity index is 0.00000420. The van der Waals surface area contributed by atoms with Crippen LogP contribution in [0.3, 0.4) is 0 Å². The van der Waals surface area contributed by atoms with Gasteiger partial charge in [0, 0.05) is 39.3 Å². The van der Waals surface area contributed by atoms with E-state index in [0.717, 1.165) is 55.6 Å². The SMILES string of the molecule is CCNC(=NCCN1CCC(C)CC1)NCCc1cccc(C(=O)N(C)C)c1.I. The van der Waals surface area contributed by atoms with Gasteiger partial charge in [-0.1, -0.05) is 19.1 Å². The average molecular weight is 515 g/mol. The zero-order chi connectivity index (χ0) is 20.4. The number of guanidine groups is 1. The minimum atomic E-state index is 0. The fraction of sp³-hybridized carbons (Fsp3) is 0.636. The third kappa shape index (κ3) is 9.33. The second-order valence-electron chi connectivity index (χ2n) is 7.86. The summed E-state index contributed by atoms with van der Waals surface area (Å²) in [5.74, 6) is 1.77. The molecule has 1 aliphatic heterocycles. The van der Waals surface area contributed by atoms with Crippen LogP contribution in [0, 0.1) is 5.92 Å². The largest absolute Gasteiger partial charge is 0.357 e. The standard InChI is InChI=1S/C22H37N5O.HI/c1-5-23-22(25-13-16-27-14-10-18(2)11-15-27)24-12-9-19-7-6-8-20(17-19)21(28)26(3)4;/h6-8,17-18H,5,9-16H2,1-4H3,(H2,23,24,25);1H. The summed E-state index contributed by atoms with van der Waals surface area (Å²) in [5.41, 5.74) is 1.89. The average Bonchev–Trinajstić information content (AvgIpc) is 2.69. The smallest absolute Gasteiger partial charge is 0.253 e. The number of halogens is 1. The van der Waals surface area contributed by atoms with E-state index in [0.29, 0.717) is 0 Å². The first-order valence-corrected chi connectivity index (χ1v) is 10.5. The van der Waals surface area contributed by atoms with E-state index in [1.54, 1.807) is 19.0 Å². The van der Waals surface area contributed by atoms with Crippen molar-refractivity contribution >= 4 is 35.8 Å². The van der Waals surface area contributed by atoms with Crippen LogP contribution in [0.4, 0.5) is 0 Å². The van der Waals surface area contributed by atoms with Gasteiger partial charge >= 0.3 is 0 Å². The summed E-state index contributed by atoms with van der Waals surface area (Å²) < 4.78 is 0. The first-order chi connectivity index (χ1) is 13.5. The lowest BCUT2D eigenvalue weighted by Gasteiger charge is -2.29. The molecule has 0 unspecified atom stereocenters. The Kier molecular flexibility index (Phi) is 12.2. The first kappa shape index (κ1) is 25.7. The third-order valence-corrected chi connectivity index (χ3v) is 5.19. The highest BCUT2D eigenvalue weighted by Gasteiger charge is 2.14. The van der Waals surface area contributed by atoms with Crippen LogP contribution < -0.4 is 10.6 Å². The summed E-state index contributed by atoms with van der Waals surface area (Å²) in [6.07, 6.45) is 3.46. The van der Waals surface area contributed by atoms with Gasteiger partial charge < -0.3 is 20.4 Å². The van der Waals surface area contributed by atoms with Gasteiger partial charge in [0.2, 0.25) is 0 Å². The van der Waals surface area contributed by atoms with Crippen LogP contribution in [0.15, 0.2) is 29.3 Å². The van der Waals surface area contributed by atoms with E-state index in [4.69, 9.17) is 4.99 Å². The number of amides is 1. The minimum absolute atomic E-state index is 0. The van der Waals surface area contributed by atoms with Gasteiger partial charge in [-0.3, -0.25) is 9.79 Å². The van der Waals surface area contributed by atoms with Crippen molar-refractivity contribution in [2.45, 2.75) is 33.1 Å². The lowest BCUT2D eigenvalue weighted by atomic mass is 9.99. The predicted octanol–water partition coefficient (Wildman–Crippen LogP) is 2.84. The summed E-state index contributed by atoms with van der Waals surface area (Å²) in [5, 5.41) is 6.73. The number of likely N-dealkylation sites (tertiary alicyclic amines) is 1. The van der Waals surface area contributed by atoms with E-state index < -0.39 is 0 Å². The molecule has 1 aromatic rings. The van der Waals surface area contributed by atoms with Crippen molar-refractivity contribution in [3.63, 3.8) is 0 Å². The molecule has 0 atom stereocenters. The number of benzene rings is 1. The van der Waals surface area contributed by atoms with E-state index >= 15 is 0 Å². The van der Waals surface area contributed by atoms with Crippen molar-refractivity contribution in [2.24, 2.45) is 10.9 Å². The lowest BCUT2D eigenvalue weighted by Crippen LogP contribution is -2.39. The van der Waals surface area contributed by atoms with Crippen molar-refractivity contribution in [1.29, 1.82) is 0 Å². The van der Waals surface area contributed by atoms with Crippen LogP contribution in [-0.2, 0) is 6.42 Å². The van der Waals surface area contributed by atoms with Crippen molar-refractivity contribution in [1.82, 2.24) is 20.4 Å². The maximum absolute atomic E-state index is 12.1. The van der Waals surface area contributed by atoms with Crippen molar-refractivity contribution in [3.05, 3.63) is 35.4 Å². The Morgan fingerprint density at radius 3 is 2.62 bits per heavy atom. The van der Waals surface area contributed by atoms with Gasteiger partial charge in [-0.2, -0.15) is 0 Å². The maximum atomic E-state index is 12.1. The Labute approximate surface area is 193 Å². The number of rotatable bonds is 8. The number of hydrogen-bond acceptors (Lipinski definition) is 3. The summed E-state index contributed by atoms with van der Waals surface area (Å²) in [4.78, 5) is 20.9. The Morgan fingerprint density at radius 1 is 1.24 bits per heavy atom. The number of aliphatic imine (C=N–C) groups is 1. The van der Waals surface area contributed by atoms with Crippen LogP contribution in [0.25, 0.3) is 0 Å². The number of nitrogens with one attached hydrogen (secondary N) is 2. The topological polar surface area (TPSA) is 60.0 Å². The summed E-state index contributed by atoms with van der Waals surface area (Å²) in [6, 6.07) is 7.86. The molecule has 0 aliphatic carbocycles. The third-order valence-electron chi connectivity index (χ3n) is 5.19. The van der Waals surface area contributed by atoms with Crippen LogP contribution in [-0.4, -0.2) is 75.0 Å². The van der Waals surface area contributed by atoms with E-state index in [-0.39, 0.29) is 29.9 Å². The number of hydrogen-bond donors (Lipinski definition) is 2. The highest BCUT2D eigenvalue weighted by atomic mass is 127. The van der Waals surface area contributed by atoms with E-state index in [2.05, 4.69) is 35.4 Å². The number of carbonyl (C=O) groups is 1. The van der Waals surface area contributed by atoms with E-state index in [1.165, 1.54) is 25.9 Å². The van der Waals surface area contributed by atoms with Crippen LogP contribution in [0.1, 0.15) is 42.6 Å². The second kappa shape index (κ2) is 13.8. The minimum Gasteiger partial charge on any atom is -0.357 e. The fourth-order valence-corrected chi connectivity index (χ4v) is 3.37. The number of nitrogens with zero attached hydrogens (tertiary/aromatic N) is 3. The normalized spacial score (nSPS) is 15.5. The van der Waals surface area contributed by atoms with Crippen LogP contribution in [0.5, 0.6) is 0 Å². The van der Waals surface area contributed by atoms with Gasteiger partial charge in [0.15, 0.2) is 5.96 Å². The Bertz CT molecular complexity index is 642. The van der Waals surface area contributed by atoms with E-state index in [1.807, 2.05) is 18.2 Å². The van der Waals surface area contributed by atoms with Gasteiger partial charge in [0.1, 0.15) is 0 Å². The molecule has 1 heterocycles. The second-order valence-corrected chi connectivity index (χ2v) is 7.86. The lowest BCUT2D eigenvalue weighted by molar-refractivity contribution is 0.0827. The highest BCUT2D eigenvalue weighted by Crippen LogP contribution is 2.15. The van der Waals surface area contributed by atoms with Gasteiger partial charge in [0.25, 0.3) is 5.91 Å². The molecule has 0 aromatic heterocycles. The van der Waals surface area contributed by atoms with E-state index in [9.17, 15) is 4.79 Å². The molecule has 2 rings (SSSR count).